The Morgan fingerprint density at radius 2 is 0.903 bits per heavy atom. The Kier molecular flexibility index (Phi) is 20.8. The molecule has 1 aromatic carbocycles. The predicted octanol–water partition coefficient (Wildman–Crippen LogP) is 7.87. The van der Waals surface area contributed by atoms with Crippen LogP contribution in [-0.2, 0) is 16.5 Å². The number of hydrogen-bond donors (Lipinski definition) is 1. The van der Waals surface area contributed by atoms with Crippen molar-refractivity contribution in [3.8, 4) is 0 Å². The molecule has 0 saturated carbocycles. The van der Waals surface area contributed by atoms with Crippen molar-refractivity contribution in [2.24, 2.45) is 0 Å². The minimum absolute atomic E-state index is 0. The molecule has 0 aromatic heterocycles. The quantitative estimate of drug-likeness (QED) is 0.122. The molecule has 176 valence electrons. The summed E-state index contributed by atoms with van der Waals surface area (Å²) in [4.78, 5) is -0.0240. The molecule has 0 heterocycles. The van der Waals surface area contributed by atoms with Crippen molar-refractivity contribution < 1.29 is 13.0 Å². The maximum absolute atomic E-state index is 11.0. The molecule has 0 saturated heterocycles. The minimum atomic E-state index is -4.07. The van der Waals surface area contributed by atoms with Crippen LogP contribution in [0.5, 0.6) is 0 Å². The van der Waals surface area contributed by atoms with Gasteiger partial charge < -0.3 is 0 Å². The third kappa shape index (κ3) is 18.3. The molecule has 0 aliphatic heterocycles. The normalized spacial score (nSPS) is 11.4. The Hall–Kier alpha value is 0.130. The SMILES string of the molecule is CCCCCCCCCCCCCCCCCCCCc1ccc(S(=O)(=O)O)cc1.[NaH]. The number of benzene rings is 1. The van der Waals surface area contributed by atoms with Crippen LogP contribution in [-0.4, -0.2) is 42.5 Å². The Bertz CT molecular complexity index is 614. The van der Waals surface area contributed by atoms with Gasteiger partial charge in [0.2, 0.25) is 0 Å². The van der Waals surface area contributed by atoms with Crippen molar-refractivity contribution in [2.75, 3.05) is 0 Å². The molecule has 31 heavy (non-hydrogen) atoms. The fourth-order valence-electron chi connectivity index (χ4n) is 4.06. The Morgan fingerprint density at radius 3 is 1.23 bits per heavy atom. The van der Waals surface area contributed by atoms with Crippen molar-refractivity contribution in [2.45, 2.75) is 134 Å². The van der Waals surface area contributed by atoms with Crippen molar-refractivity contribution in [3.63, 3.8) is 0 Å². The topological polar surface area (TPSA) is 54.4 Å². The average molecular weight is 463 g/mol. The van der Waals surface area contributed by atoms with E-state index in [9.17, 15) is 8.42 Å². The van der Waals surface area contributed by atoms with Crippen LogP contribution in [0.15, 0.2) is 29.2 Å². The van der Waals surface area contributed by atoms with Gasteiger partial charge in [0.15, 0.2) is 0 Å². The van der Waals surface area contributed by atoms with Crippen LogP contribution in [0.4, 0.5) is 0 Å². The molecule has 5 heteroatoms. The number of aryl methyl sites for hydroxylation is 1. The van der Waals surface area contributed by atoms with Gasteiger partial charge in [-0.25, -0.2) is 0 Å². The van der Waals surface area contributed by atoms with E-state index >= 15 is 0 Å². The summed E-state index contributed by atoms with van der Waals surface area (Å²) in [5.41, 5.74) is 1.14. The summed E-state index contributed by atoms with van der Waals surface area (Å²) in [6, 6.07) is 6.58. The van der Waals surface area contributed by atoms with E-state index in [1.807, 2.05) is 0 Å². The van der Waals surface area contributed by atoms with E-state index in [0.29, 0.717) is 0 Å². The number of unbranched alkanes of at least 4 members (excludes halogenated alkanes) is 17. The standard InChI is InChI=1S/C26H46O3S.Na.H/c1-2-3-4-5-6-7-8-9-10-11-12-13-14-15-16-17-18-19-20-25-21-23-26(24-22-25)30(27,28)29;;/h21-24H,2-20H2,1H3,(H,27,28,29);;. The number of hydrogen-bond acceptors (Lipinski definition) is 2. The van der Waals surface area contributed by atoms with Gasteiger partial charge in [0.05, 0.1) is 4.90 Å². The average Bonchev–Trinajstić information content (AvgIpc) is 2.72. The van der Waals surface area contributed by atoms with E-state index in [0.717, 1.165) is 18.4 Å². The van der Waals surface area contributed by atoms with E-state index in [2.05, 4.69) is 6.92 Å². The predicted molar refractivity (Wildman–Crippen MR) is 136 cm³/mol. The van der Waals surface area contributed by atoms with E-state index in [1.54, 1.807) is 12.1 Å². The van der Waals surface area contributed by atoms with Crippen LogP contribution in [0.3, 0.4) is 0 Å². The first-order valence-electron chi connectivity index (χ1n) is 12.6. The summed E-state index contributed by atoms with van der Waals surface area (Å²) in [5, 5.41) is 0. The summed E-state index contributed by atoms with van der Waals surface area (Å²) >= 11 is 0. The molecule has 1 aromatic rings. The fourth-order valence-corrected chi connectivity index (χ4v) is 4.54. The van der Waals surface area contributed by atoms with Gasteiger partial charge in [-0.05, 0) is 30.5 Å². The van der Waals surface area contributed by atoms with Crippen molar-refractivity contribution in [3.05, 3.63) is 29.8 Å². The van der Waals surface area contributed by atoms with Gasteiger partial charge in [-0.1, -0.05) is 128 Å². The molecule has 0 aliphatic rings. The van der Waals surface area contributed by atoms with E-state index < -0.39 is 10.1 Å². The monoisotopic (exact) mass is 462 g/mol. The molecular formula is C26H47NaO3S. The number of rotatable bonds is 20. The summed E-state index contributed by atoms with van der Waals surface area (Å²) in [6.45, 7) is 2.28. The summed E-state index contributed by atoms with van der Waals surface area (Å²) in [7, 11) is -4.07. The van der Waals surface area contributed by atoms with Crippen LogP contribution in [0.1, 0.15) is 128 Å². The van der Waals surface area contributed by atoms with E-state index in [4.69, 9.17) is 4.55 Å². The molecule has 0 aliphatic carbocycles. The van der Waals surface area contributed by atoms with E-state index in [-0.39, 0.29) is 34.5 Å². The van der Waals surface area contributed by atoms with E-state index in [1.165, 1.54) is 121 Å². The summed E-state index contributed by atoms with van der Waals surface area (Å²) in [5.74, 6) is 0. The maximum atomic E-state index is 11.0. The van der Waals surface area contributed by atoms with Crippen LogP contribution < -0.4 is 0 Å². The third-order valence-electron chi connectivity index (χ3n) is 6.04. The summed E-state index contributed by atoms with van der Waals surface area (Å²) < 4.78 is 31.1. The molecule has 1 rings (SSSR count). The van der Waals surface area contributed by atoms with Crippen molar-refractivity contribution in [1.82, 2.24) is 0 Å². The zero-order chi connectivity index (χ0) is 21.9. The van der Waals surface area contributed by atoms with Gasteiger partial charge in [0, 0.05) is 0 Å². The van der Waals surface area contributed by atoms with Crippen LogP contribution in [0.2, 0.25) is 0 Å². The second-order valence-electron chi connectivity index (χ2n) is 8.88. The van der Waals surface area contributed by atoms with Crippen molar-refractivity contribution in [1.29, 1.82) is 0 Å². The first-order valence-corrected chi connectivity index (χ1v) is 14.0. The van der Waals surface area contributed by atoms with Crippen LogP contribution >= 0.6 is 0 Å². The molecule has 0 spiro atoms. The molecule has 0 atom stereocenters. The van der Waals surface area contributed by atoms with Crippen LogP contribution in [0, 0.1) is 0 Å². The molecule has 1 N–H and O–H groups in total. The third-order valence-corrected chi connectivity index (χ3v) is 6.91. The van der Waals surface area contributed by atoms with Gasteiger partial charge in [-0.3, -0.25) is 4.55 Å². The molecule has 0 unspecified atom stereocenters. The molecular weight excluding hydrogens is 415 g/mol. The Balaban J connectivity index is 0.00000900. The van der Waals surface area contributed by atoms with Gasteiger partial charge >= 0.3 is 29.6 Å². The zero-order valence-corrected chi connectivity index (χ0v) is 20.2. The van der Waals surface area contributed by atoms with Gasteiger partial charge in [-0.2, -0.15) is 8.42 Å². The molecule has 3 nitrogen and oxygen atoms in total. The molecule has 0 fully saturated rings. The first-order chi connectivity index (χ1) is 14.5. The van der Waals surface area contributed by atoms with Gasteiger partial charge in [-0.15, -0.1) is 0 Å². The zero-order valence-electron chi connectivity index (χ0n) is 19.4. The Labute approximate surface area is 215 Å². The van der Waals surface area contributed by atoms with Crippen molar-refractivity contribution >= 4 is 39.7 Å². The molecule has 0 radical (unpaired) electrons. The second-order valence-corrected chi connectivity index (χ2v) is 10.3. The van der Waals surface area contributed by atoms with Gasteiger partial charge in [0.25, 0.3) is 10.1 Å². The second kappa shape index (κ2) is 20.7. The van der Waals surface area contributed by atoms with Gasteiger partial charge in [0.1, 0.15) is 0 Å². The Morgan fingerprint density at radius 1 is 0.581 bits per heavy atom. The summed E-state index contributed by atoms with van der Waals surface area (Å²) in [6.07, 6.45) is 25.8. The van der Waals surface area contributed by atoms with Crippen LogP contribution in [0.25, 0.3) is 0 Å². The molecule has 0 amide bonds. The fraction of sp³-hybridized carbons (Fsp3) is 0.769. The molecule has 0 bridgehead atoms. The first kappa shape index (κ1) is 31.1.